The lowest BCUT2D eigenvalue weighted by molar-refractivity contribution is -0.167. The summed E-state index contributed by atoms with van der Waals surface area (Å²) in [6.07, 6.45) is 53.8. The molecule has 0 spiro atoms. The summed E-state index contributed by atoms with van der Waals surface area (Å²) >= 11 is 0. The topological polar surface area (TPSA) is 78.9 Å². The monoisotopic (exact) mass is 933 g/mol. The van der Waals surface area contributed by atoms with E-state index in [0.29, 0.717) is 19.3 Å². The molecule has 0 aliphatic carbocycles. The van der Waals surface area contributed by atoms with Crippen molar-refractivity contribution in [1.82, 2.24) is 0 Å². The summed E-state index contributed by atoms with van der Waals surface area (Å²) in [6, 6.07) is 0. The molecule has 0 N–H and O–H groups in total. The Morgan fingerprint density at radius 3 is 0.788 bits per heavy atom. The van der Waals surface area contributed by atoms with Gasteiger partial charge in [0.25, 0.3) is 0 Å². The number of hydrogen-bond donors (Lipinski definition) is 0. The highest BCUT2D eigenvalue weighted by Crippen LogP contribution is 2.19. The number of esters is 3. The molecule has 0 radical (unpaired) electrons. The number of unbranched alkanes of at least 4 members (excludes halogenated alkanes) is 35. The molecule has 0 amide bonds. The van der Waals surface area contributed by atoms with Gasteiger partial charge in [-0.25, -0.2) is 0 Å². The number of carbonyl (C=O) groups is 3. The van der Waals surface area contributed by atoms with Crippen molar-refractivity contribution in [3.63, 3.8) is 0 Å². The normalized spacial score (nSPS) is 12.5. The van der Waals surface area contributed by atoms with Crippen molar-refractivity contribution in [2.75, 3.05) is 13.2 Å². The van der Waals surface area contributed by atoms with Gasteiger partial charge >= 0.3 is 17.9 Å². The van der Waals surface area contributed by atoms with Crippen LogP contribution in [0.1, 0.15) is 330 Å². The van der Waals surface area contributed by atoms with Gasteiger partial charge in [-0.05, 0) is 37.0 Å². The summed E-state index contributed by atoms with van der Waals surface area (Å²) in [7, 11) is 0. The second-order valence-corrected chi connectivity index (χ2v) is 21.8. The number of hydrogen-bond acceptors (Lipinski definition) is 6. The Bertz CT molecular complexity index is 1020. The molecule has 0 aliphatic heterocycles. The maximum atomic E-state index is 12.8. The first-order valence-electron chi connectivity index (χ1n) is 29.6. The number of rotatable bonds is 53. The van der Waals surface area contributed by atoms with E-state index in [1.54, 1.807) is 0 Å². The molecule has 0 aromatic heterocycles. The minimum absolute atomic E-state index is 0.0638. The lowest BCUT2D eigenvalue weighted by Gasteiger charge is -2.18. The van der Waals surface area contributed by atoms with E-state index in [1.165, 1.54) is 212 Å². The van der Waals surface area contributed by atoms with Crippen molar-refractivity contribution in [2.45, 2.75) is 337 Å². The van der Waals surface area contributed by atoms with E-state index < -0.39 is 6.10 Å². The van der Waals surface area contributed by atoms with Crippen molar-refractivity contribution in [3.05, 3.63) is 0 Å². The zero-order valence-electron chi connectivity index (χ0n) is 45.5. The standard InChI is InChI=1S/C60H116O6/c1-7-56(6)48-42-36-30-24-18-14-12-10-8-9-11-13-15-19-25-31-37-43-49-58(61)64-52-57(66-60(63)51-45-39-33-27-21-23-29-35-41-47-55(4)5)53-65-59(62)50-44-38-32-26-20-16-17-22-28-34-40-46-54(2)3/h54-57H,7-53H2,1-6H3/t56?,57-/m1/s1. The summed E-state index contributed by atoms with van der Waals surface area (Å²) in [5, 5.41) is 0. The van der Waals surface area contributed by atoms with Crippen LogP contribution in [0.3, 0.4) is 0 Å². The van der Waals surface area contributed by atoms with Crippen molar-refractivity contribution in [1.29, 1.82) is 0 Å². The van der Waals surface area contributed by atoms with Gasteiger partial charge in [0.2, 0.25) is 0 Å². The third-order valence-corrected chi connectivity index (χ3v) is 14.0. The van der Waals surface area contributed by atoms with Crippen molar-refractivity contribution >= 4 is 17.9 Å². The second kappa shape index (κ2) is 51.3. The molecule has 0 heterocycles. The van der Waals surface area contributed by atoms with Gasteiger partial charge in [-0.15, -0.1) is 0 Å². The largest absolute Gasteiger partial charge is 0.462 e. The van der Waals surface area contributed by atoms with E-state index in [4.69, 9.17) is 14.2 Å². The quantitative estimate of drug-likeness (QED) is 0.0343. The van der Waals surface area contributed by atoms with Gasteiger partial charge in [0.05, 0.1) is 0 Å². The average Bonchev–Trinajstić information content (AvgIpc) is 3.29. The predicted octanol–water partition coefficient (Wildman–Crippen LogP) is 19.5. The van der Waals surface area contributed by atoms with E-state index in [1.807, 2.05) is 0 Å². The fourth-order valence-corrected chi connectivity index (χ4v) is 9.14. The Morgan fingerprint density at radius 2 is 0.530 bits per heavy atom. The van der Waals surface area contributed by atoms with Crippen LogP contribution in [-0.2, 0) is 28.6 Å². The van der Waals surface area contributed by atoms with Gasteiger partial charge in [0, 0.05) is 19.3 Å². The van der Waals surface area contributed by atoms with Gasteiger partial charge < -0.3 is 14.2 Å². The summed E-state index contributed by atoms with van der Waals surface area (Å²) in [6.45, 7) is 13.8. The average molecular weight is 934 g/mol. The molecule has 1 unspecified atom stereocenters. The SMILES string of the molecule is CCC(C)CCCCCCCCCCCCCCCCCCCCC(=O)OC[C@H](COC(=O)CCCCCCCCCCCCCC(C)C)OC(=O)CCCCCCCCCCCC(C)C. The highest BCUT2D eigenvalue weighted by atomic mass is 16.6. The van der Waals surface area contributed by atoms with Crippen LogP contribution in [0.2, 0.25) is 0 Å². The molecular weight excluding hydrogens is 817 g/mol. The molecule has 0 fully saturated rings. The molecule has 0 aromatic carbocycles. The van der Waals surface area contributed by atoms with Crippen LogP contribution in [0.4, 0.5) is 0 Å². The zero-order valence-corrected chi connectivity index (χ0v) is 45.5. The van der Waals surface area contributed by atoms with E-state index in [2.05, 4.69) is 41.5 Å². The van der Waals surface area contributed by atoms with E-state index >= 15 is 0 Å². The molecule has 392 valence electrons. The maximum absolute atomic E-state index is 12.8. The first-order chi connectivity index (χ1) is 32.1. The predicted molar refractivity (Wildman–Crippen MR) is 284 cm³/mol. The van der Waals surface area contributed by atoms with E-state index in [9.17, 15) is 14.4 Å². The number of carbonyl (C=O) groups excluding carboxylic acids is 3. The van der Waals surface area contributed by atoms with Crippen LogP contribution < -0.4 is 0 Å². The molecular formula is C60H116O6. The molecule has 0 rings (SSSR count). The summed E-state index contributed by atoms with van der Waals surface area (Å²) < 4.78 is 16.9. The Balaban J connectivity index is 4.22. The smallest absolute Gasteiger partial charge is 0.306 e. The second-order valence-electron chi connectivity index (χ2n) is 21.8. The van der Waals surface area contributed by atoms with Gasteiger partial charge in [0.1, 0.15) is 13.2 Å². The van der Waals surface area contributed by atoms with Crippen LogP contribution in [0.5, 0.6) is 0 Å². The van der Waals surface area contributed by atoms with E-state index in [0.717, 1.165) is 75.5 Å². The third kappa shape index (κ3) is 51.8. The lowest BCUT2D eigenvalue weighted by Crippen LogP contribution is -2.30. The summed E-state index contributed by atoms with van der Waals surface area (Å²) in [4.78, 5) is 38.1. The van der Waals surface area contributed by atoms with Gasteiger partial charge in [0.15, 0.2) is 6.10 Å². The van der Waals surface area contributed by atoms with Crippen molar-refractivity contribution in [3.8, 4) is 0 Å². The molecule has 0 aromatic rings. The van der Waals surface area contributed by atoms with Gasteiger partial charge in [-0.1, -0.05) is 292 Å². The minimum Gasteiger partial charge on any atom is -0.462 e. The maximum Gasteiger partial charge on any atom is 0.306 e. The molecule has 6 nitrogen and oxygen atoms in total. The van der Waals surface area contributed by atoms with Crippen LogP contribution in [0.25, 0.3) is 0 Å². The van der Waals surface area contributed by atoms with Crippen molar-refractivity contribution in [2.24, 2.45) is 17.8 Å². The summed E-state index contributed by atoms with van der Waals surface area (Å²) in [5.74, 6) is 1.70. The first-order valence-corrected chi connectivity index (χ1v) is 29.6. The van der Waals surface area contributed by atoms with Gasteiger partial charge in [-0.2, -0.15) is 0 Å². The fourth-order valence-electron chi connectivity index (χ4n) is 9.14. The molecule has 2 atom stereocenters. The summed E-state index contributed by atoms with van der Waals surface area (Å²) in [5.41, 5.74) is 0. The Morgan fingerprint density at radius 1 is 0.303 bits per heavy atom. The zero-order chi connectivity index (χ0) is 48.4. The van der Waals surface area contributed by atoms with E-state index in [-0.39, 0.29) is 31.1 Å². The van der Waals surface area contributed by atoms with Crippen LogP contribution in [0, 0.1) is 17.8 Å². The molecule has 0 aliphatic rings. The minimum atomic E-state index is -0.764. The third-order valence-electron chi connectivity index (χ3n) is 14.0. The molecule has 0 saturated heterocycles. The highest BCUT2D eigenvalue weighted by molar-refractivity contribution is 5.71. The Labute approximate surface area is 412 Å². The van der Waals surface area contributed by atoms with Crippen LogP contribution >= 0.6 is 0 Å². The highest BCUT2D eigenvalue weighted by Gasteiger charge is 2.19. The Hall–Kier alpha value is -1.59. The molecule has 6 heteroatoms. The lowest BCUT2D eigenvalue weighted by atomic mass is 9.99. The number of ether oxygens (including phenoxy) is 3. The molecule has 0 saturated carbocycles. The first kappa shape index (κ1) is 64.4. The fraction of sp³-hybridized carbons (Fsp3) is 0.950. The Kier molecular flexibility index (Phi) is 50.0. The van der Waals surface area contributed by atoms with Crippen LogP contribution in [-0.4, -0.2) is 37.2 Å². The van der Waals surface area contributed by atoms with Crippen LogP contribution in [0.15, 0.2) is 0 Å². The molecule has 66 heavy (non-hydrogen) atoms. The van der Waals surface area contributed by atoms with Gasteiger partial charge in [-0.3, -0.25) is 14.4 Å². The molecule has 0 bridgehead atoms. The van der Waals surface area contributed by atoms with Crippen molar-refractivity contribution < 1.29 is 28.6 Å².